The lowest BCUT2D eigenvalue weighted by molar-refractivity contribution is -0.220. The molecule has 11 aliphatic rings. The van der Waals surface area contributed by atoms with Crippen molar-refractivity contribution in [3.05, 3.63) is 259 Å². The molecular weight excluding hydrogens is 1770 g/mol. The third-order valence-electron chi connectivity index (χ3n) is 26.7. The molecule has 1 amide bonds. The Balaban J connectivity index is 0.000000252. The number of ether oxygens (including phenoxy) is 14. The van der Waals surface area contributed by atoms with E-state index in [1.807, 2.05) is 27.7 Å². The van der Waals surface area contributed by atoms with Crippen molar-refractivity contribution in [2.24, 2.45) is 41.4 Å². The number of ketones is 4. The summed E-state index contributed by atoms with van der Waals surface area (Å²) in [6.45, 7) is 35.6. The van der Waals surface area contributed by atoms with E-state index in [4.69, 9.17) is 68.2 Å². The maximum atomic E-state index is 14.3. The van der Waals surface area contributed by atoms with Gasteiger partial charge >= 0.3 is 12.1 Å². The van der Waals surface area contributed by atoms with Gasteiger partial charge in [-0.15, -0.1) is 6.58 Å². The molecule has 14 atom stereocenters. The Labute approximate surface area is 786 Å². The van der Waals surface area contributed by atoms with Crippen LogP contribution in [0.15, 0.2) is 134 Å². The summed E-state index contributed by atoms with van der Waals surface area (Å²) in [5, 5.41) is 0. The minimum atomic E-state index is -1.08. The summed E-state index contributed by atoms with van der Waals surface area (Å²) in [5.74, 6) is -6.47. The highest BCUT2D eigenvalue weighted by Crippen LogP contribution is 2.53. The van der Waals surface area contributed by atoms with Crippen LogP contribution in [0.5, 0.6) is 0 Å². The molecule has 5 aromatic rings. The number of nitrogens with zero attached hydrogens (tertiary/aromatic N) is 1. The van der Waals surface area contributed by atoms with Gasteiger partial charge in [-0.3, -0.25) is 28.8 Å². The van der Waals surface area contributed by atoms with Crippen molar-refractivity contribution in [1.82, 2.24) is 0 Å². The number of fused-ring (bicyclic) bond motifs is 5. The fourth-order valence-corrected chi connectivity index (χ4v) is 19.0. The first-order valence-corrected chi connectivity index (χ1v) is 43.4. The van der Waals surface area contributed by atoms with E-state index >= 15 is 0 Å². The molecule has 0 N–H and O–H groups in total. The van der Waals surface area contributed by atoms with Crippen molar-refractivity contribution < 1.29 is 139 Å². The SMILES string of the molecule is C.C.C.C.C.C=CCOC(=O)[C@@H]1C[C@]2([C@@H](C)Cc3cc(F)c(C)cc3F)OCOC2=CC1=O.C=CC[C@H]1C[C@]2([C@@H](C)Cc3cc(F)c(C)cc3F)OCOC2=CC1=O.Cc1cc(F)c(CC(C)C23CCC(=O)CC2OCO3)cc1F.Cc1cc(F)c(CC(C)C23CCC4(CC2OCO3)OCCO4)cc1F.Cc1cc(F)c(C[C@H](C)[C@]23CCC(=O)C=C2OCO3)cc1F.[C-]#[N+]C(=O)OCC=C. The third-order valence-corrected chi connectivity index (χ3v) is 26.7. The topological polar surface area (TPSA) is 236 Å². The molecule has 742 valence electrons. The molecule has 1 spiro atoms. The lowest BCUT2D eigenvalue weighted by Crippen LogP contribution is -2.55. The van der Waals surface area contributed by atoms with Gasteiger partial charge in [0.1, 0.15) is 142 Å². The van der Waals surface area contributed by atoms with Gasteiger partial charge in [-0.1, -0.05) is 103 Å². The van der Waals surface area contributed by atoms with Gasteiger partial charge in [0.15, 0.2) is 43.5 Å². The molecule has 6 saturated heterocycles. The minimum Gasteiger partial charge on any atom is -0.482 e. The van der Waals surface area contributed by atoms with Crippen molar-refractivity contribution in [2.75, 3.05) is 60.4 Å². The van der Waals surface area contributed by atoms with E-state index in [1.165, 1.54) is 106 Å². The summed E-state index contributed by atoms with van der Waals surface area (Å²) in [6.07, 6.45) is 14.3. The molecule has 8 fully saturated rings. The maximum Gasteiger partial charge on any atom is 0.561 e. The molecular formula is C104H131F10NO20. The first-order chi connectivity index (χ1) is 61.7. The standard InChI is InChI=1S/C21H22F2O5.C20H22F2O3.C19H24F2O4.C17H20F2O3.C17H18F2O3.C5H5NO2.5CH4/c1-4-5-26-20(25)15-10-21(19(9-18(15)24)27-11-28-21)13(3)7-14-8-16(22)12(2)6-17(14)23;1-4-5-14-10-20(19(9-18(14)23)24-11-25-20)13(3)7-15-8-16(21)12(2)6-17(15)22;1-12-7-16(21)14(9-15(12)20)8-13(2)19-4-3-18(23-5-6-24-18)10-17(19)22-11-25-19;2*1-10-5-15(19)12(7-14(10)18)6-11(2)17-4-3-13(20)8-16(17)21-9-22-17;1-3-4-8-5(7)6-2;;;;;/h4,6,8-9,13,15H,1,5,7,10-11H2,2-3H3;4,6,8-9,13-14H,1,5,7,10-11H2,2-3H3;7,9,13,17H,3-6,8,10-11H2,1-2H3;5,7,11,16H,3-4,6,8-9H2,1-2H3;5,7-8,11H,3-4,6,9H2,1-2H3;3H,1,4H2;5*1H4/t13-,15+,21+;13-,14-,20+;;;11-,17+;;;;;;/m00..0....../s1. The molecule has 2 saturated carbocycles. The smallest absolute Gasteiger partial charge is 0.482 e. The van der Waals surface area contributed by atoms with Crippen LogP contribution in [0.4, 0.5) is 48.7 Å². The third kappa shape index (κ3) is 25.5. The Bertz CT molecular complexity index is 5220. The Morgan fingerprint density at radius 2 is 0.807 bits per heavy atom. The molecule has 0 aromatic heterocycles. The zero-order valence-electron chi connectivity index (χ0n) is 74.6. The molecule has 31 heteroatoms. The molecule has 6 aliphatic heterocycles. The number of carbonyl (C=O) groups is 6. The van der Waals surface area contributed by atoms with Gasteiger partial charge in [0.25, 0.3) is 0 Å². The van der Waals surface area contributed by atoms with Crippen LogP contribution in [0.1, 0.15) is 198 Å². The van der Waals surface area contributed by atoms with Gasteiger partial charge in [-0.2, -0.15) is 4.85 Å². The van der Waals surface area contributed by atoms with Crippen molar-refractivity contribution in [3.8, 4) is 0 Å². The first-order valence-electron chi connectivity index (χ1n) is 43.4. The molecule has 5 aliphatic carbocycles. The second-order valence-corrected chi connectivity index (χ2v) is 35.1. The molecule has 21 nitrogen and oxygen atoms in total. The van der Waals surface area contributed by atoms with Crippen molar-refractivity contribution >= 4 is 35.2 Å². The fraction of sp³-hybridized carbons (Fsp3) is 0.529. The second-order valence-electron chi connectivity index (χ2n) is 35.1. The Kier molecular flexibility index (Phi) is 41.1. The van der Waals surface area contributed by atoms with E-state index in [9.17, 15) is 72.7 Å². The van der Waals surface area contributed by atoms with Gasteiger partial charge in [0.2, 0.25) is 0 Å². The quantitative estimate of drug-likeness (QED) is 0.0206. The van der Waals surface area contributed by atoms with E-state index in [0.29, 0.717) is 141 Å². The Morgan fingerprint density at radius 1 is 0.430 bits per heavy atom. The lowest BCUT2D eigenvalue weighted by atomic mass is 9.70. The van der Waals surface area contributed by atoms with Crippen molar-refractivity contribution in [2.45, 2.75) is 255 Å². The number of amides is 1. The van der Waals surface area contributed by atoms with Gasteiger partial charge in [0, 0.05) is 62.7 Å². The number of carbonyl (C=O) groups excluding carboxylic acids is 6. The highest BCUT2D eigenvalue weighted by molar-refractivity contribution is 6.06. The Morgan fingerprint density at radius 3 is 1.23 bits per heavy atom. The average molecular weight is 1910 g/mol. The summed E-state index contributed by atoms with van der Waals surface area (Å²) in [6, 6.07) is 12.3. The highest BCUT2D eigenvalue weighted by Gasteiger charge is 2.60. The number of hydrogen-bond donors (Lipinski definition) is 0. The van der Waals surface area contributed by atoms with Crippen LogP contribution in [-0.4, -0.2) is 142 Å². The second kappa shape index (κ2) is 48.8. The van der Waals surface area contributed by atoms with Crippen LogP contribution in [0.3, 0.4) is 0 Å². The van der Waals surface area contributed by atoms with Gasteiger partial charge in [0.05, 0.1) is 32.0 Å². The molecule has 0 radical (unpaired) electrons. The zero-order chi connectivity index (χ0) is 94.5. The van der Waals surface area contributed by atoms with Crippen LogP contribution in [0, 0.1) is 141 Å². The number of rotatable bonds is 22. The predicted molar refractivity (Wildman–Crippen MR) is 486 cm³/mol. The number of halogens is 10. The largest absolute Gasteiger partial charge is 0.561 e. The van der Waals surface area contributed by atoms with E-state index in [0.717, 1.165) is 18.9 Å². The number of esters is 1. The minimum absolute atomic E-state index is 0. The molecule has 5 aromatic carbocycles. The number of allylic oxidation sites excluding steroid dienone is 4. The predicted octanol–water partition coefficient (Wildman–Crippen LogP) is 22.3. The summed E-state index contributed by atoms with van der Waals surface area (Å²) in [7, 11) is 0. The van der Waals surface area contributed by atoms with Crippen molar-refractivity contribution in [1.29, 1.82) is 0 Å². The number of benzene rings is 5. The van der Waals surface area contributed by atoms with Gasteiger partial charge in [-0.05, 0) is 245 Å². The number of aryl methyl sites for hydroxylation is 5. The van der Waals surface area contributed by atoms with Crippen LogP contribution < -0.4 is 0 Å². The Hall–Kier alpha value is -10.0. The number of hydrogen-bond acceptors (Lipinski definition) is 20. The van der Waals surface area contributed by atoms with Crippen LogP contribution in [-0.2, 0) is 122 Å². The van der Waals surface area contributed by atoms with E-state index in [-0.39, 0.29) is 196 Å². The molecule has 135 heavy (non-hydrogen) atoms. The van der Waals surface area contributed by atoms with Crippen LogP contribution >= 0.6 is 0 Å². The van der Waals surface area contributed by atoms with Gasteiger partial charge < -0.3 is 66.3 Å². The molecule has 0 bridgehead atoms. The normalized spacial score (nSPS) is 25.4. The fourth-order valence-electron chi connectivity index (χ4n) is 19.0. The maximum absolute atomic E-state index is 14.3. The van der Waals surface area contributed by atoms with Crippen molar-refractivity contribution in [3.63, 3.8) is 0 Å². The monoisotopic (exact) mass is 1900 g/mol. The zero-order valence-corrected chi connectivity index (χ0v) is 74.6. The van der Waals surface area contributed by atoms with E-state index in [2.05, 4.69) is 29.3 Å². The average Bonchev–Trinajstić information content (AvgIpc) is 1.31. The summed E-state index contributed by atoms with van der Waals surface area (Å²) in [5.41, 5.74) is -0.693. The van der Waals surface area contributed by atoms with Gasteiger partial charge in [-0.25, -0.2) is 43.9 Å². The molecule has 6 unspecified atom stereocenters. The summed E-state index contributed by atoms with van der Waals surface area (Å²) in [4.78, 5) is 72.4. The summed E-state index contributed by atoms with van der Waals surface area (Å²) >= 11 is 0. The number of Topliss-reactive ketones (excluding diaryl/α,β-unsaturated/α-hetero) is 1. The molecule has 16 rings (SSSR count). The summed E-state index contributed by atoms with van der Waals surface area (Å²) < 4.78 is 218. The van der Waals surface area contributed by atoms with E-state index in [1.54, 1.807) is 26.8 Å². The van der Waals surface area contributed by atoms with Crippen LogP contribution in [0.25, 0.3) is 4.85 Å². The highest BCUT2D eigenvalue weighted by atomic mass is 19.2. The van der Waals surface area contributed by atoms with Crippen LogP contribution in [0.2, 0.25) is 0 Å². The van der Waals surface area contributed by atoms with E-state index < -0.39 is 104 Å². The molecule has 6 heterocycles. The first kappa shape index (κ1) is 114. The lowest BCUT2D eigenvalue weighted by Gasteiger charge is -2.46.